The van der Waals surface area contributed by atoms with Crippen molar-refractivity contribution in [2.24, 2.45) is 0 Å². The zero-order valence-corrected chi connectivity index (χ0v) is 23.0. The van der Waals surface area contributed by atoms with Crippen LogP contribution < -0.4 is 15.4 Å². The summed E-state index contributed by atoms with van der Waals surface area (Å²) in [6.07, 6.45) is 0.883. The molecule has 0 aliphatic rings. The fourth-order valence-electron chi connectivity index (χ4n) is 3.59. The van der Waals surface area contributed by atoms with E-state index in [9.17, 15) is 9.90 Å². The summed E-state index contributed by atoms with van der Waals surface area (Å²) >= 11 is 12.1. The summed E-state index contributed by atoms with van der Waals surface area (Å²) in [4.78, 5) is 17.4. The third-order valence-corrected chi connectivity index (χ3v) is 6.58. The Hall–Kier alpha value is -2.95. The minimum absolute atomic E-state index is 0.0523. The number of methoxy groups -OCH3 is 1. The van der Waals surface area contributed by atoms with E-state index in [1.807, 2.05) is 18.2 Å². The second kappa shape index (κ2) is 10.3. The maximum Gasteiger partial charge on any atom is 0.261 e. The number of aromatic hydroxyl groups is 1. The summed E-state index contributed by atoms with van der Waals surface area (Å²) in [6, 6.07) is 12.6. The van der Waals surface area contributed by atoms with E-state index >= 15 is 0 Å². The van der Waals surface area contributed by atoms with E-state index < -0.39 is 5.91 Å². The molecule has 0 atom stereocenters. The van der Waals surface area contributed by atoms with Gasteiger partial charge in [-0.2, -0.15) is 0 Å². The lowest BCUT2D eigenvalue weighted by atomic mass is 10.1. The highest BCUT2D eigenvalue weighted by molar-refractivity contribution is 9.11. The third kappa shape index (κ3) is 5.34. The van der Waals surface area contributed by atoms with Crippen LogP contribution in [-0.4, -0.2) is 28.2 Å². The van der Waals surface area contributed by atoms with Crippen LogP contribution in [0.2, 0.25) is 0 Å². The molecule has 0 aliphatic heterocycles. The second-order valence-corrected chi connectivity index (χ2v) is 9.92. The molecule has 3 N–H and O–H groups in total. The van der Waals surface area contributed by atoms with Gasteiger partial charge in [-0.1, -0.05) is 28.9 Å². The molecule has 0 spiro atoms. The minimum Gasteiger partial charge on any atom is -0.507 e. The smallest absolute Gasteiger partial charge is 0.261 e. The molecular formula is C25H21Br2N3O4S. The number of benzene rings is 3. The van der Waals surface area contributed by atoms with Gasteiger partial charge in [-0.05, 0) is 89.0 Å². The number of halogens is 2. The zero-order chi connectivity index (χ0) is 25.3. The van der Waals surface area contributed by atoms with Crippen LogP contribution in [0.1, 0.15) is 28.4 Å². The van der Waals surface area contributed by atoms with Crippen LogP contribution in [0.25, 0.3) is 22.6 Å². The minimum atomic E-state index is -0.442. The average molecular weight is 619 g/mol. The van der Waals surface area contributed by atoms with Gasteiger partial charge in [-0.3, -0.25) is 10.1 Å². The van der Waals surface area contributed by atoms with Crippen molar-refractivity contribution in [1.29, 1.82) is 0 Å². The molecule has 7 nitrogen and oxygen atoms in total. The molecule has 0 bridgehead atoms. The number of anilines is 1. The first-order valence-electron chi connectivity index (χ1n) is 10.6. The number of fused-ring (bicyclic) bond motifs is 1. The Kier molecular flexibility index (Phi) is 7.44. The normalized spacial score (nSPS) is 10.9. The number of carbonyl (C=O) groups is 1. The van der Waals surface area contributed by atoms with Crippen molar-refractivity contribution >= 4 is 71.9 Å². The van der Waals surface area contributed by atoms with Crippen LogP contribution in [0.3, 0.4) is 0 Å². The lowest BCUT2D eigenvalue weighted by molar-refractivity contribution is 0.0974. The first-order chi connectivity index (χ1) is 16.7. The monoisotopic (exact) mass is 617 g/mol. The Balaban J connectivity index is 1.59. The fourth-order valence-corrected chi connectivity index (χ4v) is 5.19. The Bertz CT molecular complexity index is 1470. The number of hydrogen-bond donors (Lipinski definition) is 3. The molecule has 10 heteroatoms. The van der Waals surface area contributed by atoms with Crippen molar-refractivity contribution < 1.29 is 19.1 Å². The molecule has 0 fully saturated rings. The molecule has 1 aromatic heterocycles. The fraction of sp³-hybridized carbons (Fsp3) is 0.160. The first-order valence-corrected chi connectivity index (χ1v) is 12.6. The number of carbonyl (C=O) groups excluding carboxylic acids is 1. The quantitative estimate of drug-likeness (QED) is 0.168. The second-order valence-electron chi connectivity index (χ2n) is 7.74. The van der Waals surface area contributed by atoms with Gasteiger partial charge in [0.2, 0.25) is 5.89 Å². The van der Waals surface area contributed by atoms with Crippen molar-refractivity contribution in [3.63, 3.8) is 0 Å². The van der Waals surface area contributed by atoms with E-state index in [1.165, 1.54) is 7.11 Å². The Morgan fingerprint density at radius 2 is 1.97 bits per heavy atom. The predicted molar refractivity (Wildman–Crippen MR) is 147 cm³/mol. The number of hydrogen-bond acceptors (Lipinski definition) is 6. The molecule has 0 saturated carbocycles. The lowest BCUT2D eigenvalue weighted by Gasteiger charge is -2.14. The van der Waals surface area contributed by atoms with E-state index in [4.69, 9.17) is 21.4 Å². The van der Waals surface area contributed by atoms with Gasteiger partial charge in [0.25, 0.3) is 5.91 Å². The van der Waals surface area contributed by atoms with Crippen molar-refractivity contribution in [3.05, 3.63) is 68.1 Å². The van der Waals surface area contributed by atoms with E-state index in [-0.39, 0.29) is 16.8 Å². The number of phenols is 1. The van der Waals surface area contributed by atoms with Crippen LogP contribution in [0.5, 0.6) is 11.5 Å². The molecule has 3 aromatic carbocycles. The molecule has 1 amide bonds. The van der Waals surface area contributed by atoms with Gasteiger partial charge in [0.05, 0.1) is 22.7 Å². The first kappa shape index (κ1) is 25.2. The van der Waals surface area contributed by atoms with Crippen LogP contribution in [-0.2, 0) is 6.42 Å². The molecule has 180 valence electrons. The maximum atomic E-state index is 12.9. The van der Waals surface area contributed by atoms with Crippen LogP contribution in [0, 0.1) is 6.92 Å². The number of aromatic nitrogens is 1. The van der Waals surface area contributed by atoms with Crippen molar-refractivity contribution in [2.45, 2.75) is 20.3 Å². The zero-order valence-electron chi connectivity index (χ0n) is 19.0. The molecular weight excluding hydrogens is 598 g/mol. The number of oxazole rings is 1. The van der Waals surface area contributed by atoms with Crippen LogP contribution >= 0.6 is 44.1 Å². The number of thiocarbonyl (C=S) groups is 1. The number of ether oxygens (including phenoxy) is 1. The van der Waals surface area contributed by atoms with Gasteiger partial charge in [-0.25, -0.2) is 4.98 Å². The Morgan fingerprint density at radius 3 is 2.69 bits per heavy atom. The Labute approximate surface area is 224 Å². The van der Waals surface area contributed by atoms with Crippen molar-refractivity contribution in [1.82, 2.24) is 10.3 Å². The summed E-state index contributed by atoms with van der Waals surface area (Å²) < 4.78 is 12.6. The van der Waals surface area contributed by atoms with E-state index in [1.54, 1.807) is 31.2 Å². The lowest BCUT2D eigenvalue weighted by Crippen LogP contribution is -2.34. The standard InChI is InChI=1S/C25H21Br2N3O4S/c1-4-13-5-6-20-19(8-13)29-24(34-20)16-11-15(7-12(2)21(16)31)28-25(35)30-23(32)17-9-14(26)10-18(27)22(17)33-3/h5-11,31H,4H2,1-3H3,(H2,28,30,32,35). The predicted octanol–water partition coefficient (Wildman–Crippen LogP) is 6.73. The third-order valence-electron chi connectivity index (χ3n) is 5.33. The topological polar surface area (TPSA) is 96.6 Å². The Morgan fingerprint density at radius 1 is 1.20 bits per heavy atom. The number of phenolic OH excluding ortho intramolecular Hbond substituents is 1. The highest BCUT2D eigenvalue weighted by Crippen LogP contribution is 2.36. The number of rotatable bonds is 5. The molecule has 35 heavy (non-hydrogen) atoms. The molecule has 0 aliphatic carbocycles. The summed E-state index contributed by atoms with van der Waals surface area (Å²) in [5, 5.41) is 16.4. The van der Waals surface area contributed by atoms with Gasteiger partial charge in [0, 0.05) is 10.2 Å². The molecule has 4 rings (SSSR count). The van der Waals surface area contributed by atoms with Crippen molar-refractivity contribution in [3.8, 4) is 23.0 Å². The molecule has 0 unspecified atom stereocenters. The maximum absolute atomic E-state index is 12.9. The van der Waals surface area contributed by atoms with Gasteiger partial charge in [0.15, 0.2) is 10.7 Å². The molecule has 1 heterocycles. The van der Waals surface area contributed by atoms with E-state index in [2.05, 4.69) is 54.4 Å². The average Bonchev–Trinajstić information content (AvgIpc) is 3.23. The van der Waals surface area contributed by atoms with Gasteiger partial charge < -0.3 is 19.6 Å². The molecule has 4 aromatic rings. The number of aryl methyl sites for hydroxylation is 2. The number of amides is 1. The van der Waals surface area contributed by atoms with Gasteiger partial charge >= 0.3 is 0 Å². The van der Waals surface area contributed by atoms with Crippen molar-refractivity contribution in [2.75, 3.05) is 12.4 Å². The summed E-state index contributed by atoms with van der Waals surface area (Å²) in [5.74, 6) is 0.286. The van der Waals surface area contributed by atoms with Crippen LogP contribution in [0.15, 0.2) is 55.8 Å². The van der Waals surface area contributed by atoms with Gasteiger partial charge in [-0.15, -0.1) is 0 Å². The number of nitrogens with zero attached hydrogens (tertiary/aromatic N) is 1. The SMILES string of the molecule is CCc1ccc2oc(-c3cc(NC(=S)NC(=O)c4cc(Br)cc(Br)c4OC)cc(C)c3O)nc2c1. The van der Waals surface area contributed by atoms with E-state index in [0.717, 1.165) is 12.0 Å². The highest BCUT2D eigenvalue weighted by atomic mass is 79.9. The molecule has 0 saturated heterocycles. The van der Waals surface area contributed by atoms with Gasteiger partial charge in [0.1, 0.15) is 17.0 Å². The number of nitrogens with one attached hydrogen (secondary N) is 2. The van der Waals surface area contributed by atoms with Crippen LogP contribution in [0.4, 0.5) is 5.69 Å². The summed E-state index contributed by atoms with van der Waals surface area (Å²) in [7, 11) is 1.48. The van der Waals surface area contributed by atoms with E-state index in [0.29, 0.717) is 48.2 Å². The highest BCUT2D eigenvalue weighted by Gasteiger charge is 2.19. The summed E-state index contributed by atoms with van der Waals surface area (Å²) in [6.45, 7) is 3.83. The largest absolute Gasteiger partial charge is 0.507 e. The molecule has 0 radical (unpaired) electrons. The summed E-state index contributed by atoms with van der Waals surface area (Å²) in [5.41, 5.74) is 4.35.